The van der Waals surface area contributed by atoms with Gasteiger partial charge >= 0.3 is 12.2 Å². The molecular formula is C23H20ClF3N4O2. The van der Waals surface area contributed by atoms with Gasteiger partial charge in [0.2, 0.25) is 0 Å². The third-order valence-electron chi connectivity index (χ3n) is 5.51. The van der Waals surface area contributed by atoms with Crippen molar-refractivity contribution < 1.29 is 22.7 Å². The van der Waals surface area contributed by atoms with Crippen LogP contribution in [0.2, 0.25) is 5.02 Å². The molecule has 1 aromatic heterocycles. The van der Waals surface area contributed by atoms with E-state index in [0.29, 0.717) is 21.5 Å². The number of aromatic nitrogens is 1. The average Bonchev–Trinajstić information content (AvgIpc) is 3.15. The highest BCUT2D eigenvalue weighted by Gasteiger charge is 2.44. The molecule has 0 saturated carbocycles. The Morgan fingerprint density at radius 3 is 2.52 bits per heavy atom. The van der Waals surface area contributed by atoms with Gasteiger partial charge in [0, 0.05) is 47.3 Å². The number of hydrogen-bond donors (Lipinski definition) is 1. The average molecular weight is 477 g/mol. The van der Waals surface area contributed by atoms with Crippen molar-refractivity contribution in [1.82, 2.24) is 14.8 Å². The summed E-state index contributed by atoms with van der Waals surface area (Å²) in [6.45, 7) is 1.27. The first-order valence-electron chi connectivity index (χ1n) is 10.2. The summed E-state index contributed by atoms with van der Waals surface area (Å²) in [5.74, 6) is 0. The lowest BCUT2D eigenvalue weighted by molar-refractivity contribution is -0.155. The molecule has 1 unspecified atom stereocenters. The molecule has 1 aliphatic rings. The van der Waals surface area contributed by atoms with Gasteiger partial charge in [0.15, 0.2) is 6.04 Å². The standard InChI is InChI=1S/C23H20ClF3N4O2/c24-17-4-1-15(2-5-17)13-31-14-19(18-6-3-16(12-28)11-20(18)31)21(23(25,26)27)29-22(32)30-7-9-33-10-8-30/h1-6,11,14,21H,7-10,13H2,(H,29,32). The van der Waals surface area contributed by atoms with Gasteiger partial charge in [0.1, 0.15) is 0 Å². The molecular weight excluding hydrogens is 457 g/mol. The number of morpholine rings is 1. The van der Waals surface area contributed by atoms with Crippen molar-refractivity contribution in [3.63, 3.8) is 0 Å². The molecule has 172 valence electrons. The second-order valence-corrected chi connectivity index (χ2v) is 8.14. The van der Waals surface area contributed by atoms with Crippen molar-refractivity contribution in [1.29, 1.82) is 5.26 Å². The second-order valence-electron chi connectivity index (χ2n) is 7.71. The number of halogens is 4. The molecule has 4 rings (SSSR count). The number of amides is 2. The molecule has 1 fully saturated rings. The predicted octanol–water partition coefficient (Wildman–Crippen LogP) is 4.86. The smallest absolute Gasteiger partial charge is 0.378 e. The van der Waals surface area contributed by atoms with Crippen LogP contribution in [0, 0.1) is 11.3 Å². The monoisotopic (exact) mass is 476 g/mol. The number of nitrogens with one attached hydrogen (secondary N) is 1. The van der Waals surface area contributed by atoms with Crippen LogP contribution in [-0.4, -0.2) is 48.0 Å². The summed E-state index contributed by atoms with van der Waals surface area (Å²) in [4.78, 5) is 13.9. The van der Waals surface area contributed by atoms with Crippen LogP contribution >= 0.6 is 11.6 Å². The van der Waals surface area contributed by atoms with Gasteiger partial charge in [0.05, 0.1) is 24.8 Å². The number of urea groups is 1. The SMILES string of the molecule is N#Cc1ccc2c(C(NC(=O)N3CCOCC3)C(F)(F)F)cn(Cc3ccc(Cl)cc3)c2c1. The van der Waals surface area contributed by atoms with E-state index >= 15 is 0 Å². The summed E-state index contributed by atoms with van der Waals surface area (Å²) in [5, 5.41) is 12.3. The van der Waals surface area contributed by atoms with Gasteiger partial charge in [-0.05, 0) is 29.8 Å². The maximum Gasteiger partial charge on any atom is 0.413 e. The topological polar surface area (TPSA) is 70.3 Å². The van der Waals surface area contributed by atoms with E-state index in [0.717, 1.165) is 5.56 Å². The molecule has 1 N–H and O–H groups in total. The van der Waals surface area contributed by atoms with E-state index in [-0.39, 0.29) is 38.4 Å². The van der Waals surface area contributed by atoms with E-state index in [1.807, 2.05) is 6.07 Å². The normalized spacial score (nSPS) is 15.3. The van der Waals surface area contributed by atoms with Gasteiger partial charge in [0.25, 0.3) is 0 Å². The van der Waals surface area contributed by atoms with Gasteiger partial charge in [-0.15, -0.1) is 0 Å². The number of benzene rings is 2. The zero-order chi connectivity index (χ0) is 23.6. The molecule has 1 saturated heterocycles. The minimum Gasteiger partial charge on any atom is -0.378 e. The van der Waals surface area contributed by atoms with Gasteiger partial charge in [-0.1, -0.05) is 29.8 Å². The van der Waals surface area contributed by atoms with Crippen LogP contribution in [-0.2, 0) is 11.3 Å². The quantitative estimate of drug-likeness (QED) is 0.584. The number of nitrogens with zero attached hydrogens (tertiary/aromatic N) is 3. The maximum atomic E-state index is 14.2. The fourth-order valence-electron chi connectivity index (χ4n) is 3.85. The van der Waals surface area contributed by atoms with E-state index in [1.54, 1.807) is 34.9 Å². The van der Waals surface area contributed by atoms with Crippen LogP contribution < -0.4 is 5.32 Å². The van der Waals surface area contributed by atoms with Crippen molar-refractivity contribution in [2.24, 2.45) is 0 Å². The number of fused-ring (bicyclic) bond motifs is 1. The van der Waals surface area contributed by atoms with Crippen molar-refractivity contribution in [3.8, 4) is 6.07 Å². The van der Waals surface area contributed by atoms with Crippen LogP contribution in [0.1, 0.15) is 22.7 Å². The highest BCUT2D eigenvalue weighted by molar-refractivity contribution is 6.30. The first-order valence-corrected chi connectivity index (χ1v) is 10.6. The second kappa shape index (κ2) is 9.33. The van der Waals surface area contributed by atoms with Gasteiger partial charge in [-0.2, -0.15) is 18.4 Å². The molecule has 0 bridgehead atoms. The molecule has 1 atom stereocenters. The lowest BCUT2D eigenvalue weighted by Gasteiger charge is -2.30. The van der Waals surface area contributed by atoms with Crippen molar-refractivity contribution in [2.45, 2.75) is 18.8 Å². The first-order chi connectivity index (χ1) is 15.8. The lowest BCUT2D eigenvalue weighted by Crippen LogP contribution is -2.49. The Kier molecular flexibility index (Phi) is 6.49. The van der Waals surface area contributed by atoms with E-state index < -0.39 is 18.2 Å². The number of alkyl halides is 3. The van der Waals surface area contributed by atoms with Crippen LogP contribution in [0.25, 0.3) is 10.9 Å². The zero-order valence-electron chi connectivity index (χ0n) is 17.4. The summed E-state index contributed by atoms with van der Waals surface area (Å²) in [6, 6.07) is 10.5. The Balaban J connectivity index is 1.75. The predicted molar refractivity (Wildman–Crippen MR) is 117 cm³/mol. The fourth-order valence-corrected chi connectivity index (χ4v) is 3.98. The summed E-state index contributed by atoms with van der Waals surface area (Å²) >= 11 is 5.94. The number of nitriles is 1. The Morgan fingerprint density at radius 1 is 1.18 bits per heavy atom. The molecule has 1 aliphatic heterocycles. The van der Waals surface area contributed by atoms with E-state index in [9.17, 15) is 23.2 Å². The minimum absolute atomic E-state index is 0.0856. The van der Waals surface area contributed by atoms with Crippen molar-refractivity contribution >= 4 is 28.5 Å². The summed E-state index contributed by atoms with van der Waals surface area (Å²) < 4.78 is 49.3. The van der Waals surface area contributed by atoms with Crippen LogP contribution in [0.15, 0.2) is 48.7 Å². The van der Waals surface area contributed by atoms with Crippen LogP contribution in [0.3, 0.4) is 0 Å². The Bertz CT molecular complexity index is 1200. The summed E-state index contributed by atoms with van der Waals surface area (Å²) in [5.41, 5.74) is 1.53. The van der Waals surface area contributed by atoms with E-state index in [4.69, 9.17) is 16.3 Å². The number of rotatable bonds is 4. The third-order valence-corrected chi connectivity index (χ3v) is 5.76. The van der Waals surface area contributed by atoms with Gasteiger partial charge in [-0.25, -0.2) is 4.79 Å². The molecule has 0 spiro atoms. The highest BCUT2D eigenvalue weighted by Crippen LogP contribution is 2.38. The molecule has 0 aliphatic carbocycles. The molecule has 2 heterocycles. The fraction of sp³-hybridized carbons (Fsp3) is 0.304. The summed E-state index contributed by atoms with van der Waals surface area (Å²) in [7, 11) is 0. The summed E-state index contributed by atoms with van der Waals surface area (Å²) in [6.07, 6.45) is -3.34. The number of ether oxygens (including phenoxy) is 1. The van der Waals surface area contributed by atoms with Crippen molar-refractivity contribution in [3.05, 3.63) is 70.4 Å². The lowest BCUT2D eigenvalue weighted by atomic mass is 10.0. The maximum absolute atomic E-state index is 14.2. The zero-order valence-corrected chi connectivity index (χ0v) is 18.2. The Hall–Kier alpha value is -3.22. The highest BCUT2D eigenvalue weighted by atomic mass is 35.5. The Morgan fingerprint density at radius 2 is 1.88 bits per heavy atom. The molecule has 10 heteroatoms. The Labute approximate surface area is 193 Å². The molecule has 0 radical (unpaired) electrons. The number of carbonyl (C=O) groups is 1. The largest absolute Gasteiger partial charge is 0.413 e. The van der Waals surface area contributed by atoms with Crippen molar-refractivity contribution in [2.75, 3.05) is 26.3 Å². The van der Waals surface area contributed by atoms with Crippen LogP contribution in [0.4, 0.5) is 18.0 Å². The first kappa shape index (κ1) is 23.0. The van der Waals surface area contributed by atoms with Gasteiger partial charge < -0.3 is 19.5 Å². The van der Waals surface area contributed by atoms with Gasteiger partial charge in [-0.3, -0.25) is 0 Å². The third kappa shape index (κ3) is 5.07. The van der Waals surface area contributed by atoms with E-state index in [1.165, 1.54) is 23.2 Å². The molecule has 2 amide bonds. The minimum atomic E-state index is -4.73. The van der Waals surface area contributed by atoms with E-state index in [2.05, 4.69) is 5.32 Å². The molecule has 33 heavy (non-hydrogen) atoms. The van der Waals surface area contributed by atoms with Crippen LogP contribution in [0.5, 0.6) is 0 Å². The number of hydrogen-bond acceptors (Lipinski definition) is 3. The molecule has 6 nitrogen and oxygen atoms in total. The number of carbonyl (C=O) groups excluding carboxylic acids is 1. The molecule has 3 aromatic rings. The molecule has 2 aromatic carbocycles.